The number of likely N-dealkylation sites (tertiary alicyclic amines) is 1. The van der Waals surface area contributed by atoms with Gasteiger partial charge in [0.05, 0.1) is 4.90 Å². The van der Waals surface area contributed by atoms with E-state index in [1.165, 1.54) is 0 Å². The number of sulfonamides is 1. The van der Waals surface area contributed by atoms with Gasteiger partial charge >= 0.3 is 5.97 Å². The van der Waals surface area contributed by atoms with Gasteiger partial charge in [0.2, 0.25) is 15.9 Å². The van der Waals surface area contributed by atoms with Crippen LogP contribution in [0.3, 0.4) is 0 Å². The summed E-state index contributed by atoms with van der Waals surface area (Å²) in [5.41, 5.74) is 3.77. The Hall–Kier alpha value is -3.17. The molecule has 5 rings (SSSR count). The Morgan fingerprint density at radius 1 is 0.976 bits per heavy atom. The van der Waals surface area contributed by atoms with Crippen LogP contribution < -0.4 is 4.72 Å². The standard InChI is InChI=1S/C33H43N3O5S/c1-33(2,3)30-6-5-19-36(30)32(39)24-12-15-26(16-13-24)34-42(40,41)27-17-14-25-20-28(35(4)29(25)21-27)23-10-7-22(8-11-23)9-18-31(37)38/h7-8,10-11,14,17,20-21,24,26,30,34H,5-6,9,12-13,15-16,18-19H2,1-4H3,(H,37,38)/t24-,26-,30-/m1/s1. The zero-order valence-corrected chi connectivity index (χ0v) is 25.9. The molecule has 1 saturated heterocycles. The minimum absolute atomic E-state index is 0.0296. The molecule has 1 aliphatic carbocycles. The van der Waals surface area contributed by atoms with Crippen molar-refractivity contribution in [3.05, 3.63) is 54.1 Å². The largest absolute Gasteiger partial charge is 0.481 e. The molecular weight excluding hydrogens is 550 g/mol. The van der Waals surface area contributed by atoms with E-state index in [1.54, 1.807) is 12.1 Å². The Labute approximate surface area is 249 Å². The van der Waals surface area contributed by atoms with Crippen LogP contribution in [0.2, 0.25) is 0 Å². The van der Waals surface area contributed by atoms with Crippen molar-refractivity contribution in [2.45, 2.75) is 89.1 Å². The number of benzene rings is 2. The molecule has 1 aromatic heterocycles. The molecule has 0 radical (unpaired) electrons. The summed E-state index contributed by atoms with van der Waals surface area (Å²) in [6, 6.07) is 15.2. The maximum Gasteiger partial charge on any atom is 0.303 e. The Morgan fingerprint density at radius 2 is 1.67 bits per heavy atom. The van der Waals surface area contributed by atoms with Crippen LogP contribution in [0.4, 0.5) is 0 Å². The SMILES string of the molecule is Cn1c(-c2ccc(CCC(=O)O)cc2)cc2ccc(S(=O)(=O)N[C@H]3CC[C@H](C(=O)N4CCC[C@@H]4C(C)(C)C)CC3)cc21. The van der Waals surface area contributed by atoms with E-state index in [9.17, 15) is 18.0 Å². The number of amides is 1. The van der Waals surface area contributed by atoms with Crippen molar-refractivity contribution >= 4 is 32.8 Å². The van der Waals surface area contributed by atoms with Crippen LogP contribution in [0.1, 0.15) is 71.3 Å². The highest BCUT2D eigenvalue weighted by Gasteiger charge is 2.40. The number of carboxylic acid groups (broad SMARTS) is 1. The van der Waals surface area contributed by atoms with Gasteiger partial charge in [-0.1, -0.05) is 51.1 Å². The predicted octanol–water partition coefficient (Wildman–Crippen LogP) is 5.74. The summed E-state index contributed by atoms with van der Waals surface area (Å²) >= 11 is 0. The molecule has 8 nitrogen and oxygen atoms in total. The molecule has 1 amide bonds. The van der Waals surface area contributed by atoms with Crippen molar-refractivity contribution < 1.29 is 23.1 Å². The zero-order valence-electron chi connectivity index (χ0n) is 25.1. The smallest absolute Gasteiger partial charge is 0.303 e. The molecule has 2 N–H and O–H groups in total. The molecule has 0 spiro atoms. The van der Waals surface area contributed by atoms with Crippen LogP contribution in [-0.2, 0) is 33.1 Å². The van der Waals surface area contributed by atoms with Gasteiger partial charge in [-0.2, -0.15) is 0 Å². The number of hydrogen-bond acceptors (Lipinski definition) is 4. The Morgan fingerprint density at radius 3 is 2.31 bits per heavy atom. The fourth-order valence-corrected chi connectivity index (χ4v) is 8.08. The van der Waals surface area contributed by atoms with E-state index in [0.29, 0.717) is 32.1 Å². The second-order valence-electron chi connectivity index (χ2n) is 13.1. The lowest BCUT2D eigenvalue weighted by Gasteiger charge is -2.38. The van der Waals surface area contributed by atoms with E-state index in [1.807, 2.05) is 48.0 Å². The van der Waals surface area contributed by atoms with Gasteiger partial charge in [0.15, 0.2) is 0 Å². The van der Waals surface area contributed by atoms with Crippen LogP contribution in [0.15, 0.2) is 53.4 Å². The topological polar surface area (TPSA) is 109 Å². The summed E-state index contributed by atoms with van der Waals surface area (Å²) in [6.07, 6.45) is 5.39. The summed E-state index contributed by atoms with van der Waals surface area (Å²) < 4.78 is 31.7. The first kappa shape index (κ1) is 30.3. The fourth-order valence-electron chi connectivity index (χ4n) is 6.76. The molecule has 1 atom stereocenters. The number of aryl methyl sites for hydroxylation is 2. The molecule has 9 heteroatoms. The van der Waals surface area contributed by atoms with Crippen molar-refractivity contribution in [2.75, 3.05) is 6.54 Å². The minimum Gasteiger partial charge on any atom is -0.481 e. The Balaban J connectivity index is 1.24. The lowest BCUT2D eigenvalue weighted by molar-refractivity contribution is -0.139. The highest BCUT2D eigenvalue weighted by molar-refractivity contribution is 7.89. The lowest BCUT2D eigenvalue weighted by Crippen LogP contribution is -2.47. The van der Waals surface area contributed by atoms with Gasteiger partial charge in [-0.15, -0.1) is 0 Å². The monoisotopic (exact) mass is 593 g/mol. The molecule has 42 heavy (non-hydrogen) atoms. The van der Waals surface area contributed by atoms with Gasteiger partial charge in [-0.05, 0) is 79.7 Å². The van der Waals surface area contributed by atoms with Crippen molar-refractivity contribution in [1.82, 2.24) is 14.2 Å². The first-order chi connectivity index (χ1) is 19.8. The molecule has 1 aliphatic heterocycles. The highest BCUT2D eigenvalue weighted by Crippen LogP contribution is 2.36. The average molecular weight is 594 g/mol. The maximum absolute atomic E-state index is 13.4. The molecule has 226 valence electrons. The number of carbonyl (C=O) groups is 2. The number of aromatic nitrogens is 1. The normalized spacial score (nSPS) is 21.6. The number of rotatable bonds is 8. The van der Waals surface area contributed by atoms with Crippen LogP contribution in [0.25, 0.3) is 22.2 Å². The first-order valence-corrected chi connectivity index (χ1v) is 16.6. The van der Waals surface area contributed by atoms with Crippen LogP contribution >= 0.6 is 0 Å². The third kappa shape index (κ3) is 6.42. The van der Waals surface area contributed by atoms with Gasteiger partial charge in [0.25, 0.3) is 0 Å². The van der Waals surface area contributed by atoms with Gasteiger partial charge < -0.3 is 14.6 Å². The molecule has 2 aliphatic rings. The van der Waals surface area contributed by atoms with E-state index in [-0.39, 0.29) is 40.6 Å². The number of carboxylic acids is 1. The molecule has 3 aromatic rings. The fraction of sp³-hybridized carbons (Fsp3) is 0.515. The second kappa shape index (κ2) is 11.8. The van der Waals surface area contributed by atoms with Gasteiger partial charge in [-0.3, -0.25) is 9.59 Å². The molecule has 0 bridgehead atoms. The number of hydrogen-bond donors (Lipinski definition) is 2. The third-order valence-corrected chi connectivity index (χ3v) is 10.7. The van der Waals surface area contributed by atoms with Crippen LogP contribution in [0.5, 0.6) is 0 Å². The van der Waals surface area contributed by atoms with Crippen molar-refractivity contribution in [3.63, 3.8) is 0 Å². The average Bonchev–Trinajstić information content (AvgIpc) is 3.57. The lowest BCUT2D eigenvalue weighted by atomic mass is 9.82. The first-order valence-electron chi connectivity index (χ1n) is 15.1. The summed E-state index contributed by atoms with van der Waals surface area (Å²) in [4.78, 5) is 26.6. The number of aliphatic carboxylic acids is 1. The maximum atomic E-state index is 13.4. The van der Waals surface area contributed by atoms with Crippen molar-refractivity contribution in [2.24, 2.45) is 18.4 Å². The van der Waals surface area contributed by atoms with E-state index < -0.39 is 16.0 Å². The summed E-state index contributed by atoms with van der Waals surface area (Å²) in [6.45, 7) is 7.43. The summed E-state index contributed by atoms with van der Waals surface area (Å²) in [5, 5.41) is 9.87. The summed E-state index contributed by atoms with van der Waals surface area (Å²) in [5.74, 6) is -0.603. The molecule has 2 heterocycles. The van der Waals surface area contributed by atoms with Crippen molar-refractivity contribution in [3.8, 4) is 11.3 Å². The molecule has 2 fully saturated rings. The van der Waals surface area contributed by atoms with E-state index in [2.05, 4.69) is 30.4 Å². The van der Waals surface area contributed by atoms with E-state index in [4.69, 9.17) is 5.11 Å². The zero-order chi connectivity index (χ0) is 30.2. The molecular formula is C33H43N3O5S. The number of carbonyl (C=O) groups excluding carboxylic acids is 1. The number of nitrogens with zero attached hydrogens (tertiary/aromatic N) is 2. The van der Waals surface area contributed by atoms with Gasteiger partial charge in [0, 0.05) is 54.6 Å². The predicted molar refractivity (Wildman–Crippen MR) is 165 cm³/mol. The van der Waals surface area contributed by atoms with Crippen LogP contribution in [0, 0.1) is 11.3 Å². The van der Waals surface area contributed by atoms with Gasteiger partial charge in [0.1, 0.15) is 0 Å². The highest BCUT2D eigenvalue weighted by atomic mass is 32.2. The molecule has 0 unspecified atom stereocenters. The number of fused-ring (bicyclic) bond motifs is 1. The third-order valence-electron chi connectivity index (χ3n) is 9.14. The minimum atomic E-state index is -3.73. The quantitative estimate of drug-likeness (QED) is 0.346. The molecule has 1 saturated carbocycles. The number of nitrogens with one attached hydrogen (secondary N) is 1. The van der Waals surface area contributed by atoms with Crippen molar-refractivity contribution in [1.29, 1.82) is 0 Å². The summed E-state index contributed by atoms with van der Waals surface area (Å²) in [7, 11) is -1.81. The van der Waals surface area contributed by atoms with E-state index >= 15 is 0 Å². The Kier molecular flexibility index (Phi) is 8.54. The molecule has 2 aromatic carbocycles. The van der Waals surface area contributed by atoms with E-state index in [0.717, 1.165) is 47.1 Å². The van der Waals surface area contributed by atoms with Crippen LogP contribution in [-0.4, -0.2) is 53.5 Å². The second-order valence-corrected chi connectivity index (χ2v) is 14.8. The van der Waals surface area contributed by atoms with Gasteiger partial charge in [-0.25, -0.2) is 13.1 Å². The Bertz CT molecular complexity index is 1560.